The Labute approximate surface area is 130 Å². The predicted molar refractivity (Wildman–Crippen MR) is 87.4 cm³/mol. The van der Waals surface area contributed by atoms with E-state index in [0.717, 1.165) is 44.1 Å². The molecule has 1 N–H and O–H groups in total. The smallest absolute Gasteiger partial charge is 0.291 e. The maximum atomic E-state index is 12.2. The Morgan fingerprint density at radius 3 is 2.59 bits per heavy atom. The van der Waals surface area contributed by atoms with Gasteiger partial charge in [0.25, 0.3) is 5.91 Å². The molecule has 1 aromatic carbocycles. The molecule has 0 unspecified atom stereocenters. The van der Waals surface area contributed by atoms with Gasteiger partial charge in [0.05, 0.1) is 17.6 Å². The van der Waals surface area contributed by atoms with E-state index in [0.29, 0.717) is 5.76 Å². The number of likely N-dealkylation sites (N-methyl/N-ethyl adjacent to an activating group) is 1. The standard InChI is InChI=1S/C17H21N3O2/c1-2-19-9-11-20(12-10-19)15-7-4-3-6-14(15)18-17(21)16-8-5-13-22-16/h3-8,13H,2,9-12H2,1H3,(H,18,21). The number of anilines is 2. The number of hydrogen-bond acceptors (Lipinski definition) is 4. The van der Waals surface area contributed by atoms with Crippen LogP contribution in [-0.2, 0) is 0 Å². The molecule has 1 aromatic heterocycles. The topological polar surface area (TPSA) is 48.7 Å². The van der Waals surface area contributed by atoms with Crippen LogP contribution < -0.4 is 10.2 Å². The second kappa shape index (κ2) is 6.66. The van der Waals surface area contributed by atoms with E-state index in [2.05, 4.69) is 28.1 Å². The van der Waals surface area contributed by atoms with Crippen LogP contribution in [0.15, 0.2) is 47.1 Å². The Bertz CT molecular complexity index is 617. The first-order valence-electron chi connectivity index (χ1n) is 7.69. The summed E-state index contributed by atoms with van der Waals surface area (Å²) in [7, 11) is 0. The number of hydrogen-bond donors (Lipinski definition) is 1. The van der Waals surface area contributed by atoms with Gasteiger partial charge in [-0.15, -0.1) is 0 Å². The molecule has 1 aliphatic rings. The van der Waals surface area contributed by atoms with Gasteiger partial charge in [-0.3, -0.25) is 4.79 Å². The molecule has 1 saturated heterocycles. The van der Waals surface area contributed by atoms with Crippen molar-refractivity contribution in [1.29, 1.82) is 0 Å². The van der Waals surface area contributed by atoms with E-state index in [1.54, 1.807) is 12.1 Å². The number of benzene rings is 1. The lowest BCUT2D eigenvalue weighted by Crippen LogP contribution is -2.46. The number of piperazine rings is 1. The molecular formula is C17H21N3O2. The molecule has 1 fully saturated rings. The zero-order chi connectivity index (χ0) is 15.4. The number of carbonyl (C=O) groups is 1. The summed E-state index contributed by atoms with van der Waals surface area (Å²) in [5.41, 5.74) is 1.90. The number of nitrogens with one attached hydrogen (secondary N) is 1. The minimum absolute atomic E-state index is 0.218. The highest BCUT2D eigenvalue weighted by molar-refractivity contribution is 6.04. The molecule has 5 heteroatoms. The Kier molecular flexibility index (Phi) is 4.44. The van der Waals surface area contributed by atoms with Crippen molar-refractivity contribution in [2.45, 2.75) is 6.92 Å². The van der Waals surface area contributed by atoms with E-state index < -0.39 is 0 Å². The molecule has 0 atom stereocenters. The fraction of sp³-hybridized carbons (Fsp3) is 0.353. The summed E-state index contributed by atoms with van der Waals surface area (Å²) in [5.74, 6) is 0.107. The van der Waals surface area contributed by atoms with Crippen molar-refractivity contribution in [2.75, 3.05) is 42.9 Å². The van der Waals surface area contributed by atoms with Gasteiger partial charge in [-0.05, 0) is 30.8 Å². The third-order valence-electron chi connectivity index (χ3n) is 4.06. The van der Waals surface area contributed by atoms with Crippen LogP contribution in [0.2, 0.25) is 0 Å². The molecule has 22 heavy (non-hydrogen) atoms. The summed E-state index contributed by atoms with van der Waals surface area (Å²) in [5, 5.41) is 2.95. The third-order valence-corrected chi connectivity index (χ3v) is 4.06. The SMILES string of the molecule is CCN1CCN(c2ccccc2NC(=O)c2ccco2)CC1. The van der Waals surface area contributed by atoms with E-state index in [1.165, 1.54) is 6.26 Å². The normalized spacial score (nSPS) is 15.8. The summed E-state index contributed by atoms with van der Waals surface area (Å²) in [6, 6.07) is 11.3. The minimum Gasteiger partial charge on any atom is -0.459 e. The van der Waals surface area contributed by atoms with E-state index >= 15 is 0 Å². The van der Waals surface area contributed by atoms with Crippen molar-refractivity contribution in [3.05, 3.63) is 48.4 Å². The molecule has 3 rings (SSSR count). The van der Waals surface area contributed by atoms with Gasteiger partial charge in [0.2, 0.25) is 0 Å². The number of amides is 1. The largest absolute Gasteiger partial charge is 0.459 e. The maximum absolute atomic E-state index is 12.2. The van der Waals surface area contributed by atoms with Crippen molar-refractivity contribution in [3.63, 3.8) is 0 Å². The second-order valence-electron chi connectivity index (χ2n) is 5.37. The predicted octanol–water partition coefficient (Wildman–Crippen LogP) is 2.67. The van der Waals surface area contributed by atoms with E-state index in [4.69, 9.17) is 4.42 Å². The van der Waals surface area contributed by atoms with Crippen LogP contribution in [-0.4, -0.2) is 43.5 Å². The maximum Gasteiger partial charge on any atom is 0.291 e. The average molecular weight is 299 g/mol. The van der Waals surface area contributed by atoms with E-state index in [-0.39, 0.29) is 5.91 Å². The lowest BCUT2D eigenvalue weighted by molar-refractivity contribution is 0.0996. The van der Waals surface area contributed by atoms with Gasteiger partial charge >= 0.3 is 0 Å². The first kappa shape index (κ1) is 14.7. The quantitative estimate of drug-likeness (QED) is 0.943. The van der Waals surface area contributed by atoms with Gasteiger partial charge in [0.15, 0.2) is 5.76 Å². The molecular weight excluding hydrogens is 278 g/mol. The Morgan fingerprint density at radius 2 is 1.91 bits per heavy atom. The molecule has 0 spiro atoms. The number of para-hydroxylation sites is 2. The molecule has 2 aromatic rings. The molecule has 5 nitrogen and oxygen atoms in total. The average Bonchev–Trinajstić information content (AvgIpc) is 3.10. The molecule has 0 aliphatic carbocycles. The van der Waals surface area contributed by atoms with Crippen LogP contribution in [0.1, 0.15) is 17.5 Å². The summed E-state index contributed by atoms with van der Waals surface area (Å²) >= 11 is 0. The number of furan rings is 1. The third kappa shape index (κ3) is 3.14. The van der Waals surface area contributed by atoms with Crippen LogP contribution in [0.25, 0.3) is 0 Å². The summed E-state index contributed by atoms with van der Waals surface area (Å²) in [6.45, 7) is 7.33. The van der Waals surface area contributed by atoms with Crippen LogP contribution in [0, 0.1) is 0 Å². The minimum atomic E-state index is -0.218. The van der Waals surface area contributed by atoms with Gasteiger partial charge < -0.3 is 19.5 Å². The highest BCUT2D eigenvalue weighted by atomic mass is 16.3. The fourth-order valence-electron chi connectivity index (χ4n) is 2.75. The van der Waals surface area contributed by atoms with Crippen molar-refractivity contribution >= 4 is 17.3 Å². The van der Waals surface area contributed by atoms with Gasteiger partial charge in [0.1, 0.15) is 0 Å². The number of nitrogens with zero attached hydrogens (tertiary/aromatic N) is 2. The van der Waals surface area contributed by atoms with Crippen molar-refractivity contribution < 1.29 is 9.21 Å². The molecule has 116 valence electrons. The summed E-state index contributed by atoms with van der Waals surface area (Å²) in [4.78, 5) is 16.9. The lowest BCUT2D eigenvalue weighted by Gasteiger charge is -2.36. The van der Waals surface area contributed by atoms with Gasteiger partial charge in [-0.2, -0.15) is 0 Å². The molecule has 0 radical (unpaired) electrons. The van der Waals surface area contributed by atoms with Crippen LogP contribution >= 0.6 is 0 Å². The van der Waals surface area contributed by atoms with Gasteiger partial charge in [0, 0.05) is 26.2 Å². The van der Waals surface area contributed by atoms with Crippen LogP contribution in [0.3, 0.4) is 0 Å². The molecule has 0 bridgehead atoms. The van der Waals surface area contributed by atoms with Crippen LogP contribution in [0.5, 0.6) is 0 Å². The summed E-state index contributed by atoms with van der Waals surface area (Å²) in [6.07, 6.45) is 1.50. The molecule has 1 aliphatic heterocycles. The first-order valence-corrected chi connectivity index (χ1v) is 7.69. The lowest BCUT2D eigenvalue weighted by atomic mass is 10.2. The van der Waals surface area contributed by atoms with Crippen molar-refractivity contribution in [3.8, 4) is 0 Å². The first-order chi connectivity index (χ1) is 10.8. The highest BCUT2D eigenvalue weighted by Gasteiger charge is 2.19. The monoisotopic (exact) mass is 299 g/mol. The zero-order valence-electron chi connectivity index (χ0n) is 12.8. The van der Waals surface area contributed by atoms with Gasteiger partial charge in [-0.25, -0.2) is 0 Å². The summed E-state index contributed by atoms with van der Waals surface area (Å²) < 4.78 is 5.15. The highest BCUT2D eigenvalue weighted by Crippen LogP contribution is 2.27. The number of carbonyl (C=O) groups excluding carboxylic acids is 1. The Hall–Kier alpha value is -2.27. The molecule has 0 saturated carbocycles. The fourth-order valence-corrected chi connectivity index (χ4v) is 2.75. The van der Waals surface area contributed by atoms with Gasteiger partial charge in [-0.1, -0.05) is 19.1 Å². The molecule has 1 amide bonds. The second-order valence-corrected chi connectivity index (χ2v) is 5.37. The molecule has 2 heterocycles. The van der Waals surface area contributed by atoms with E-state index in [9.17, 15) is 4.79 Å². The van der Waals surface area contributed by atoms with Crippen LogP contribution in [0.4, 0.5) is 11.4 Å². The van der Waals surface area contributed by atoms with E-state index in [1.807, 2.05) is 18.2 Å². The van der Waals surface area contributed by atoms with Crippen molar-refractivity contribution in [1.82, 2.24) is 4.90 Å². The Morgan fingerprint density at radius 1 is 1.14 bits per heavy atom. The van der Waals surface area contributed by atoms with Crippen molar-refractivity contribution in [2.24, 2.45) is 0 Å². The zero-order valence-corrected chi connectivity index (χ0v) is 12.8. The Balaban J connectivity index is 1.74. The number of rotatable bonds is 4.